The summed E-state index contributed by atoms with van der Waals surface area (Å²) in [5.41, 5.74) is -0.851. The molecule has 1 saturated heterocycles. The summed E-state index contributed by atoms with van der Waals surface area (Å²) >= 11 is 4.73. The Kier molecular flexibility index (Phi) is 5.88. The Labute approximate surface area is 178 Å². The van der Waals surface area contributed by atoms with Crippen molar-refractivity contribution in [2.24, 2.45) is 0 Å². The highest BCUT2D eigenvalue weighted by atomic mass is 32.1. The van der Waals surface area contributed by atoms with Gasteiger partial charge < -0.3 is 9.47 Å². The molecule has 2 N–H and O–H groups in total. The number of nitro groups is 2. The molecule has 0 saturated carbocycles. The molecule has 158 valence electrons. The quantitative estimate of drug-likeness (QED) is 0.223. The first-order valence-electron chi connectivity index (χ1n) is 8.36. The van der Waals surface area contributed by atoms with Crippen molar-refractivity contribution in [2.45, 2.75) is 0 Å². The average molecular weight is 444 g/mol. The third kappa shape index (κ3) is 4.62. The SMILES string of the molecule is COc1cc(C=C2C(=O)NC(=S)NC2=O)ccc1Oc1ccc([N+](=O)[O-])cc1[N+](=O)[O-]. The second kappa shape index (κ2) is 8.54. The lowest BCUT2D eigenvalue weighted by atomic mass is 10.1. The number of ether oxygens (including phenoxy) is 2. The Bertz CT molecular complexity index is 1160. The lowest BCUT2D eigenvalue weighted by Crippen LogP contribution is -2.51. The minimum absolute atomic E-state index is 0.0697. The van der Waals surface area contributed by atoms with Crippen molar-refractivity contribution in [1.29, 1.82) is 0 Å². The molecule has 0 aromatic heterocycles. The number of thiocarbonyl (C=S) groups is 1. The standard InChI is InChI=1S/C18H12N4O8S/c1-29-15-7-9(6-11-16(23)19-18(31)20-17(11)24)2-4-14(15)30-13-5-3-10(21(25)26)8-12(13)22(27)28/h2-8H,1H3,(H2,19,20,23,24,31). The van der Waals surface area contributed by atoms with Crippen molar-refractivity contribution in [3.05, 3.63) is 67.8 Å². The number of methoxy groups -OCH3 is 1. The summed E-state index contributed by atoms with van der Waals surface area (Å²) in [5, 5.41) is 26.7. The van der Waals surface area contributed by atoms with Crippen LogP contribution in [0.15, 0.2) is 42.0 Å². The molecule has 2 aromatic rings. The first-order valence-corrected chi connectivity index (χ1v) is 8.77. The molecule has 1 fully saturated rings. The largest absolute Gasteiger partial charge is 0.493 e. The van der Waals surface area contributed by atoms with Crippen LogP contribution < -0.4 is 20.1 Å². The minimum atomic E-state index is -0.807. The van der Waals surface area contributed by atoms with Gasteiger partial charge >= 0.3 is 5.69 Å². The number of nitrogens with one attached hydrogen (secondary N) is 2. The highest BCUT2D eigenvalue weighted by Gasteiger charge is 2.26. The number of non-ortho nitro benzene ring substituents is 1. The maximum Gasteiger partial charge on any atom is 0.318 e. The summed E-state index contributed by atoms with van der Waals surface area (Å²) in [6.07, 6.45) is 1.30. The number of hydrogen-bond donors (Lipinski definition) is 2. The Balaban J connectivity index is 1.95. The van der Waals surface area contributed by atoms with E-state index >= 15 is 0 Å². The van der Waals surface area contributed by atoms with Gasteiger partial charge in [-0.2, -0.15) is 0 Å². The number of hydrogen-bond acceptors (Lipinski definition) is 9. The first-order chi connectivity index (χ1) is 14.7. The maximum atomic E-state index is 12.0. The third-order valence-corrected chi connectivity index (χ3v) is 4.22. The van der Waals surface area contributed by atoms with Crippen LogP contribution in [0.2, 0.25) is 0 Å². The van der Waals surface area contributed by atoms with Gasteiger partial charge in [0.05, 0.1) is 23.0 Å². The van der Waals surface area contributed by atoms with Crippen molar-refractivity contribution < 1.29 is 28.9 Å². The molecule has 0 unspecified atom stereocenters. The van der Waals surface area contributed by atoms with E-state index in [1.807, 2.05) is 0 Å². The summed E-state index contributed by atoms with van der Waals surface area (Å²) in [7, 11) is 1.32. The van der Waals surface area contributed by atoms with Gasteiger partial charge in [0.1, 0.15) is 5.57 Å². The van der Waals surface area contributed by atoms with E-state index in [0.717, 1.165) is 18.2 Å². The molecule has 0 radical (unpaired) electrons. The van der Waals surface area contributed by atoms with E-state index in [1.54, 1.807) is 0 Å². The molecular weight excluding hydrogens is 432 g/mol. The molecule has 3 rings (SSSR count). The Hall–Kier alpha value is -4.39. The zero-order chi connectivity index (χ0) is 22.7. The van der Waals surface area contributed by atoms with Gasteiger partial charge in [-0.1, -0.05) is 6.07 Å². The van der Waals surface area contributed by atoms with Gasteiger partial charge in [0, 0.05) is 6.07 Å². The number of benzene rings is 2. The van der Waals surface area contributed by atoms with Gasteiger partial charge in [0.25, 0.3) is 17.5 Å². The van der Waals surface area contributed by atoms with Gasteiger partial charge in [-0.25, -0.2) is 0 Å². The second-order valence-corrected chi connectivity index (χ2v) is 6.38. The summed E-state index contributed by atoms with van der Waals surface area (Å²) in [6, 6.07) is 7.27. The predicted molar refractivity (Wildman–Crippen MR) is 110 cm³/mol. The van der Waals surface area contributed by atoms with E-state index in [1.165, 1.54) is 31.4 Å². The van der Waals surface area contributed by atoms with E-state index in [0.29, 0.717) is 5.56 Å². The maximum absolute atomic E-state index is 12.0. The van der Waals surface area contributed by atoms with Crippen molar-refractivity contribution in [3.63, 3.8) is 0 Å². The van der Waals surface area contributed by atoms with Crippen LogP contribution >= 0.6 is 12.2 Å². The molecule has 0 atom stereocenters. The number of amides is 2. The van der Waals surface area contributed by atoms with Gasteiger partial charge in [-0.15, -0.1) is 0 Å². The second-order valence-electron chi connectivity index (χ2n) is 5.97. The zero-order valence-electron chi connectivity index (χ0n) is 15.6. The summed E-state index contributed by atoms with van der Waals surface area (Å²) in [5.74, 6) is -1.38. The molecule has 2 amide bonds. The fourth-order valence-electron chi connectivity index (χ4n) is 2.60. The van der Waals surface area contributed by atoms with Crippen molar-refractivity contribution in [3.8, 4) is 17.2 Å². The van der Waals surface area contributed by atoms with Crippen LogP contribution in [-0.4, -0.2) is 33.9 Å². The number of nitro benzene ring substituents is 2. The van der Waals surface area contributed by atoms with E-state index in [4.69, 9.17) is 21.7 Å². The average Bonchev–Trinajstić information content (AvgIpc) is 2.71. The van der Waals surface area contributed by atoms with Crippen LogP contribution in [0.25, 0.3) is 6.08 Å². The highest BCUT2D eigenvalue weighted by Crippen LogP contribution is 2.38. The van der Waals surface area contributed by atoms with Gasteiger partial charge in [-0.3, -0.25) is 40.5 Å². The minimum Gasteiger partial charge on any atom is -0.493 e. The zero-order valence-corrected chi connectivity index (χ0v) is 16.4. The van der Waals surface area contributed by atoms with Gasteiger partial charge in [0.15, 0.2) is 16.6 Å². The first kappa shape index (κ1) is 21.3. The Morgan fingerprint density at radius 3 is 2.16 bits per heavy atom. The highest BCUT2D eigenvalue weighted by molar-refractivity contribution is 7.80. The molecule has 2 aromatic carbocycles. The summed E-state index contributed by atoms with van der Waals surface area (Å²) < 4.78 is 10.8. The van der Waals surface area contributed by atoms with Crippen LogP contribution in [-0.2, 0) is 9.59 Å². The van der Waals surface area contributed by atoms with Crippen LogP contribution in [0.1, 0.15) is 5.56 Å². The predicted octanol–water partition coefficient (Wildman–Crippen LogP) is 2.22. The molecule has 1 aliphatic rings. The molecule has 1 aliphatic heterocycles. The van der Waals surface area contributed by atoms with E-state index in [-0.39, 0.29) is 27.9 Å². The topological polar surface area (TPSA) is 163 Å². The van der Waals surface area contributed by atoms with Crippen LogP contribution in [0.3, 0.4) is 0 Å². The van der Waals surface area contributed by atoms with Gasteiger partial charge in [-0.05, 0) is 42.1 Å². The molecule has 13 heteroatoms. The monoisotopic (exact) mass is 444 g/mol. The lowest BCUT2D eigenvalue weighted by molar-refractivity contribution is -0.394. The molecule has 12 nitrogen and oxygen atoms in total. The number of nitrogens with zero attached hydrogens (tertiary/aromatic N) is 2. The normalized spacial score (nSPS) is 13.2. The van der Waals surface area contributed by atoms with Crippen molar-refractivity contribution >= 4 is 46.6 Å². The van der Waals surface area contributed by atoms with Crippen molar-refractivity contribution in [1.82, 2.24) is 10.6 Å². The molecule has 31 heavy (non-hydrogen) atoms. The van der Waals surface area contributed by atoms with Gasteiger partial charge in [0.2, 0.25) is 5.75 Å². The third-order valence-electron chi connectivity index (χ3n) is 4.01. The fourth-order valence-corrected chi connectivity index (χ4v) is 2.78. The molecule has 0 bridgehead atoms. The smallest absolute Gasteiger partial charge is 0.318 e. The van der Waals surface area contributed by atoms with Crippen LogP contribution in [0, 0.1) is 20.2 Å². The lowest BCUT2D eigenvalue weighted by Gasteiger charge is -2.16. The van der Waals surface area contributed by atoms with Crippen molar-refractivity contribution in [2.75, 3.05) is 7.11 Å². The summed E-state index contributed by atoms with van der Waals surface area (Å²) in [4.78, 5) is 44.5. The number of carbonyl (C=O) groups excluding carboxylic acids is 2. The van der Waals surface area contributed by atoms with E-state index < -0.39 is 33.0 Å². The Morgan fingerprint density at radius 1 is 0.935 bits per heavy atom. The van der Waals surface area contributed by atoms with Crippen LogP contribution in [0.5, 0.6) is 17.2 Å². The Morgan fingerprint density at radius 2 is 1.58 bits per heavy atom. The fraction of sp³-hybridized carbons (Fsp3) is 0.0556. The van der Waals surface area contributed by atoms with E-state index in [9.17, 15) is 29.8 Å². The van der Waals surface area contributed by atoms with E-state index in [2.05, 4.69) is 10.6 Å². The molecular formula is C18H12N4O8S. The molecule has 1 heterocycles. The molecule has 0 spiro atoms. The number of carbonyl (C=O) groups is 2. The summed E-state index contributed by atoms with van der Waals surface area (Å²) in [6.45, 7) is 0. The number of rotatable bonds is 6. The molecule has 0 aliphatic carbocycles. The van der Waals surface area contributed by atoms with Crippen LogP contribution in [0.4, 0.5) is 11.4 Å².